The van der Waals surface area contributed by atoms with Gasteiger partial charge in [-0.05, 0) is 55.5 Å². The van der Waals surface area contributed by atoms with Crippen LogP contribution in [0.2, 0.25) is 5.02 Å². The minimum absolute atomic E-state index is 0.364. The zero-order valence-corrected chi connectivity index (χ0v) is 19.1. The number of hydrogen-bond acceptors (Lipinski definition) is 5. The first-order chi connectivity index (χ1) is 16.6. The van der Waals surface area contributed by atoms with Crippen molar-refractivity contribution in [2.24, 2.45) is 0 Å². The maximum absolute atomic E-state index is 12.9. The van der Waals surface area contributed by atoms with Crippen LogP contribution in [-0.4, -0.2) is 12.6 Å². The van der Waals surface area contributed by atoms with Crippen molar-refractivity contribution in [2.75, 3.05) is 11.9 Å². The lowest BCUT2D eigenvalue weighted by Gasteiger charge is -2.36. The van der Waals surface area contributed by atoms with E-state index in [1.54, 1.807) is 18.2 Å². The van der Waals surface area contributed by atoms with Gasteiger partial charge in [-0.2, -0.15) is 0 Å². The molecule has 2 aliphatic heterocycles. The van der Waals surface area contributed by atoms with E-state index in [1.807, 2.05) is 73.7 Å². The van der Waals surface area contributed by atoms with E-state index in [4.69, 9.17) is 25.8 Å². The summed E-state index contributed by atoms with van der Waals surface area (Å²) in [5, 5.41) is 3.95. The molecule has 0 amide bonds. The van der Waals surface area contributed by atoms with E-state index in [0.717, 1.165) is 33.8 Å². The number of ether oxygens (including phenoxy) is 3. The predicted molar refractivity (Wildman–Crippen MR) is 131 cm³/mol. The Kier molecular flexibility index (Phi) is 4.74. The number of esters is 1. The van der Waals surface area contributed by atoms with Gasteiger partial charge in [0.1, 0.15) is 17.2 Å². The van der Waals surface area contributed by atoms with Gasteiger partial charge in [0.25, 0.3) is 0 Å². The number of hydrogen-bond donors (Lipinski definition) is 1. The Balaban J connectivity index is 1.51. The highest BCUT2D eigenvalue weighted by atomic mass is 35.5. The molecule has 4 aromatic rings. The van der Waals surface area contributed by atoms with Gasteiger partial charge in [-0.25, -0.2) is 4.79 Å². The number of anilines is 2. The van der Waals surface area contributed by atoms with Crippen molar-refractivity contribution in [3.8, 4) is 17.2 Å². The molecule has 1 atom stereocenters. The van der Waals surface area contributed by atoms with Crippen molar-refractivity contribution < 1.29 is 19.0 Å². The van der Waals surface area contributed by atoms with Crippen LogP contribution in [-0.2, 0) is 10.3 Å². The molecular weight excluding hydrogens is 450 g/mol. The van der Waals surface area contributed by atoms with Gasteiger partial charge in [-0.3, -0.25) is 0 Å². The largest absolute Gasteiger partial charge is 0.492 e. The molecule has 1 spiro atoms. The average Bonchev–Trinajstić information content (AvgIpc) is 3.13. The molecule has 0 saturated heterocycles. The summed E-state index contributed by atoms with van der Waals surface area (Å²) in [5.74, 6) is 1.53. The summed E-state index contributed by atoms with van der Waals surface area (Å²) < 4.78 is 18.2. The van der Waals surface area contributed by atoms with Crippen LogP contribution in [0.25, 0.3) is 0 Å². The van der Waals surface area contributed by atoms with Gasteiger partial charge in [-0.15, -0.1) is 0 Å². The minimum Gasteiger partial charge on any atom is -0.492 e. The normalized spacial score (nSPS) is 17.3. The van der Waals surface area contributed by atoms with E-state index in [9.17, 15) is 4.79 Å². The summed E-state index contributed by atoms with van der Waals surface area (Å²) in [6.07, 6.45) is 0. The first-order valence-electron chi connectivity index (χ1n) is 11.0. The van der Waals surface area contributed by atoms with E-state index < -0.39 is 5.60 Å². The maximum Gasteiger partial charge on any atom is 0.340 e. The van der Waals surface area contributed by atoms with Crippen LogP contribution in [0.4, 0.5) is 11.4 Å². The first kappa shape index (κ1) is 20.6. The number of nitrogens with one attached hydrogen (secondary N) is 1. The number of halogens is 1. The Morgan fingerprint density at radius 3 is 2.47 bits per heavy atom. The molecule has 168 valence electrons. The molecule has 0 aliphatic carbocycles. The van der Waals surface area contributed by atoms with Crippen molar-refractivity contribution in [1.82, 2.24) is 0 Å². The van der Waals surface area contributed by atoms with Crippen LogP contribution >= 0.6 is 11.6 Å². The molecule has 0 aromatic heterocycles. The predicted octanol–water partition coefficient (Wildman–Crippen LogP) is 7.05. The van der Waals surface area contributed by atoms with Gasteiger partial charge in [-0.1, -0.05) is 41.9 Å². The minimum atomic E-state index is -1.11. The molecular formula is C28H20ClNO4. The van der Waals surface area contributed by atoms with Crippen LogP contribution in [0.3, 0.4) is 0 Å². The second-order valence-electron chi connectivity index (χ2n) is 8.12. The van der Waals surface area contributed by atoms with Gasteiger partial charge in [0.05, 0.1) is 17.9 Å². The lowest BCUT2D eigenvalue weighted by atomic mass is 9.77. The van der Waals surface area contributed by atoms with Crippen molar-refractivity contribution in [3.63, 3.8) is 0 Å². The summed E-state index contributed by atoms with van der Waals surface area (Å²) in [7, 11) is 0. The molecule has 2 aliphatic rings. The van der Waals surface area contributed by atoms with Crippen molar-refractivity contribution in [2.45, 2.75) is 12.5 Å². The molecule has 1 N–H and O–H groups in total. The summed E-state index contributed by atoms with van der Waals surface area (Å²) >= 11 is 6.30. The molecule has 0 saturated carbocycles. The van der Waals surface area contributed by atoms with E-state index in [0.29, 0.717) is 28.7 Å². The van der Waals surface area contributed by atoms with Crippen molar-refractivity contribution in [1.29, 1.82) is 0 Å². The molecule has 5 nitrogen and oxygen atoms in total. The zero-order chi connectivity index (χ0) is 23.3. The van der Waals surface area contributed by atoms with E-state index in [2.05, 4.69) is 5.32 Å². The lowest BCUT2D eigenvalue weighted by Crippen LogP contribution is -2.33. The molecule has 0 radical (unpaired) electrons. The van der Waals surface area contributed by atoms with Crippen LogP contribution < -0.4 is 14.8 Å². The summed E-state index contributed by atoms with van der Waals surface area (Å²) in [6.45, 7) is 2.52. The van der Waals surface area contributed by atoms with Crippen molar-refractivity contribution >= 4 is 28.9 Å². The highest BCUT2D eigenvalue weighted by Crippen LogP contribution is 2.56. The summed E-state index contributed by atoms with van der Waals surface area (Å²) in [6, 6.07) is 26.4. The highest BCUT2D eigenvalue weighted by molar-refractivity contribution is 6.30. The fourth-order valence-electron chi connectivity index (χ4n) is 4.73. The number of benzene rings is 4. The van der Waals surface area contributed by atoms with Gasteiger partial charge in [0, 0.05) is 33.5 Å². The molecule has 2 heterocycles. The number of carbonyl (C=O) groups excluding carboxylic acids is 1. The third kappa shape index (κ3) is 3.05. The van der Waals surface area contributed by atoms with Gasteiger partial charge < -0.3 is 19.5 Å². The number of rotatable bonds is 4. The Hall–Kier alpha value is -3.96. The van der Waals surface area contributed by atoms with Gasteiger partial charge in [0.15, 0.2) is 5.60 Å². The molecule has 0 fully saturated rings. The van der Waals surface area contributed by atoms with Crippen LogP contribution in [0.5, 0.6) is 17.2 Å². The smallest absolute Gasteiger partial charge is 0.340 e. The Labute approximate surface area is 201 Å². The molecule has 4 aromatic carbocycles. The van der Waals surface area contributed by atoms with Gasteiger partial charge in [0.2, 0.25) is 0 Å². The number of fused-ring (bicyclic) bond motifs is 6. The second-order valence-corrected chi connectivity index (χ2v) is 8.56. The Morgan fingerprint density at radius 2 is 1.62 bits per heavy atom. The summed E-state index contributed by atoms with van der Waals surface area (Å²) in [5.41, 5.74) is 3.37. The molecule has 34 heavy (non-hydrogen) atoms. The molecule has 6 rings (SSSR count). The second kappa shape index (κ2) is 7.82. The first-order valence-corrected chi connectivity index (χ1v) is 11.4. The standard InChI is InChI=1S/C28H20ClNO4/c1-2-32-24-10-6-5-9-23(24)30-18-12-14-22-26(16-18)33-25-15-17(29)11-13-21(25)28(22)20-8-4-3-7-19(20)27(31)34-28/h3-16,30H,2H2,1H3. The topological polar surface area (TPSA) is 56.8 Å². The quantitative estimate of drug-likeness (QED) is 0.324. The monoisotopic (exact) mass is 469 g/mol. The Bertz CT molecular complexity index is 1450. The molecule has 0 bridgehead atoms. The van der Waals surface area contributed by atoms with Crippen LogP contribution in [0.1, 0.15) is 34.0 Å². The molecule has 6 heteroatoms. The third-order valence-corrected chi connectivity index (χ3v) is 6.38. The van der Waals surface area contributed by atoms with Gasteiger partial charge >= 0.3 is 5.97 Å². The summed E-state index contributed by atoms with van der Waals surface area (Å²) in [4.78, 5) is 12.9. The Morgan fingerprint density at radius 1 is 0.882 bits per heavy atom. The third-order valence-electron chi connectivity index (χ3n) is 6.14. The van der Waals surface area contributed by atoms with Crippen LogP contribution in [0, 0.1) is 0 Å². The zero-order valence-electron chi connectivity index (χ0n) is 18.3. The van der Waals surface area contributed by atoms with Crippen molar-refractivity contribution in [3.05, 3.63) is 112 Å². The average molecular weight is 470 g/mol. The van der Waals surface area contributed by atoms with E-state index >= 15 is 0 Å². The fourth-order valence-corrected chi connectivity index (χ4v) is 4.90. The lowest BCUT2D eigenvalue weighted by molar-refractivity contribution is 0.0224. The fraction of sp³-hybridized carbons (Fsp3) is 0.107. The maximum atomic E-state index is 12.9. The van der Waals surface area contributed by atoms with Crippen LogP contribution in [0.15, 0.2) is 84.9 Å². The van der Waals surface area contributed by atoms with E-state index in [1.165, 1.54) is 0 Å². The SMILES string of the molecule is CCOc1ccccc1Nc1ccc2c(c1)Oc1cc(Cl)ccc1C21OC(=O)c2ccccc21. The number of para-hydroxylation sites is 2. The number of carbonyl (C=O) groups is 1. The molecule has 1 unspecified atom stereocenters. The van der Waals surface area contributed by atoms with E-state index in [-0.39, 0.29) is 5.97 Å². The highest BCUT2D eigenvalue weighted by Gasteiger charge is 2.53.